The molecule has 1 aromatic carbocycles. The Morgan fingerprint density at radius 3 is 2.38 bits per heavy atom. The maximum absolute atomic E-state index is 12.1. The van der Waals surface area contributed by atoms with Crippen molar-refractivity contribution in [3.63, 3.8) is 0 Å². The van der Waals surface area contributed by atoms with Crippen LogP contribution < -0.4 is 10.1 Å². The molecular formula is C15H21F2NO3. The standard InChI is InChI=1S/C15H21F2NO3/c1-4-18-15(3,10-13(19)20-5-2)11-6-8-12(9-7-11)21-14(16)17/h6-9,14,18H,4-5,10H2,1-3H3. The summed E-state index contributed by atoms with van der Waals surface area (Å²) < 4.78 is 33.6. The van der Waals surface area contributed by atoms with Crippen molar-refractivity contribution in [2.45, 2.75) is 39.3 Å². The molecule has 0 aliphatic rings. The van der Waals surface area contributed by atoms with Gasteiger partial charge in [0.2, 0.25) is 0 Å². The van der Waals surface area contributed by atoms with Gasteiger partial charge < -0.3 is 14.8 Å². The second-order valence-electron chi connectivity index (χ2n) is 4.75. The summed E-state index contributed by atoms with van der Waals surface area (Å²) in [6, 6.07) is 6.25. The van der Waals surface area contributed by atoms with Crippen LogP contribution in [0.4, 0.5) is 8.78 Å². The molecule has 0 heterocycles. The number of nitrogens with one attached hydrogen (secondary N) is 1. The zero-order valence-electron chi connectivity index (χ0n) is 12.5. The largest absolute Gasteiger partial charge is 0.466 e. The zero-order valence-corrected chi connectivity index (χ0v) is 12.5. The topological polar surface area (TPSA) is 47.6 Å². The summed E-state index contributed by atoms with van der Waals surface area (Å²) >= 11 is 0. The number of esters is 1. The summed E-state index contributed by atoms with van der Waals surface area (Å²) in [5.74, 6) is -0.224. The predicted octanol–water partition coefficient (Wildman–Crippen LogP) is 3.07. The van der Waals surface area contributed by atoms with Gasteiger partial charge in [-0.05, 0) is 38.1 Å². The quantitative estimate of drug-likeness (QED) is 0.750. The van der Waals surface area contributed by atoms with Crippen LogP contribution in [0, 0.1) is 0 Å². The first-order valence-corrected chi connectivity index (χ1v) is 6.87. The molecule has 1 unspecified atom stereocenters. The van der Waals surface area contributed by atoms with Crippen LogP contribution in [0.3, 0.4) is 0 Å². The van der Waals surface area contributed by atoms with E-state index in [1.807, 2.05) is 13.8 Å². The van der Waals surface area contributed by atoms with Gasteiger partial charge in [-0.15, -0.1) is 0 Å². The SMILES string of the molecule is CCNC(C)(CC(=O)OCC)c1ccc(OC(F)F)cc1. The third kappa shape index (κ3) is 5.30. The van der Waals surface area contributed by atoms with Crippen molar-refractivity contribution in [1.29, 1.82) is 0 Å². The second kappa shape index (κ2) is 7.93. The van der Waals surface area contributed by atoms with Gasteiger partial charge in [0.25, 0.3) is 0 Å². The molecule has 1 N–H and O–H groups in total. The lowest BCUT2D eigenvalue weighted by Crippen LogP contribution is -2.41. The Kier molecular flexibility index (Phi) is 6.55. The van der Waals surface area contributed by atoms with Gasteiger partial charge in [0.1, 0.15) is 5.75 Å². The van der Waals surface area contributed by atoms with Gasteiger partial charge in [0, 0.05) is 0 Å². The van der Waals surface area contributed by atoms with Crippen LogP contribution in [0.1, 0.15) is 32.8 Å². The average Bonchev–Trinajstić information content (AvgIpc) is 2.39. The number of benzene rings is 1. The monoisotopic (exact) mass is 301 g/mol. The lowest BCUT2D eigenvalue weighted by atomic mass is 9.88. The first-order valence-electron chi connectivity index (χ1n) is 6.87. The minimum absolute atomic E-state index is 0.0868. The Hall–Kier alpha value is -1.69. The molecule has 0 amide bonds. The van der Waals surface area contributed by atoms with Crippen molar-refractivity contribution in [1.82, 2.24) is 5.32 Å². The number of ether oxygens (including phenoxy) is 2. The van der Waals surface area contributed by atoms with Crippen LogP contribution in [0.2, 0.25) is 0 Å². The van der Waals surface area contributed by atoms with Gasteiger partial charge in [-0.25, -0.2) is 0 Å². The van der Waals surface area contributed by atoms with Crippen LogP contribution in [-0.2, 0) is 15.1 Å². The van der Waals surface area contributed by atoms with Gasteiger partial charge in [0.15, 0.2) is 0 Å². The van der Waals surface area contributed by atoms with Crippen LogP contribution in [-0.4, -0.2) is 25.7 Å². The maximum Gasteiger partial charge on any atom is 0.387 e. The normalized spacial score (nSPS) is 13.8. The van der Waals surface area contributed by atoms with Crippen molar-refractivity contribution in [2.24, 2.45) is 0 Å². The smallest absolute Gasteiger partial charge is 0.387 e. The van der Waals surface area contributed by atoms with E-state index in [0.717, 1.165) is 5.56 Å². The molecule has 0 aromatic heterocycles. The van der Waals surface area contributed by atoms with E-state index in [4.69, 9.17) is 4.74 Å². The highest BCUT2D eigenvalue weighted by atomic mass is 19.3. The molecule has 1 aromatic rings. The Morgan fingerprint density at radius 2 is 1.90 bits per heavy atom. The minimum atomic E-state index is -2.85. The molecule has 0 aliphatic carbocycles. The van der Waals surface area contributed by atoms with E-state index < -0.39 is 12.2 Å². The van der Waals surface area contributed by atoms with Gasteiger partial charge in [0.05, 0.1) is 18.6 Å². The van der Waals surface area contributed by atoms with Gasteiger partial charge in [-0.2, -0.15) is 8.78 Å². The highest BCUT2D eigenvalue weighted by molar-refractivity contribution is 5.71. The van der Waals surface area contributed by atoms with Crippen LogP contribution in [0.15, 0.2) is 24.3 Å². The molecule has 0 bridgehead atoms. The Bertz CT molecular complexity index is 451. The number of alkyl halides is 2. The minimum Gasteiger partial charge on any atom is -0.466 e. The third-order valence-electron chi connectivity index (χ3n) is 3.09. The molecule has 6 heteroatoms. The summed E-state index contributed by atoms with van der Waals surface area (Å²) in [6.45, 7) is 3.68. The average molecular weight is 301 g/mol. The molecule has 118 valence electrons. The van der Waals surface area contributed by atoms with Crippen LogP contribution in [0.25, 0.3) is 0 Å². The van der Waals surface area contributed by atoms with Crippen LogP contribution in [0.5, 0.6) is 5.75 Å². The number of hydrogen-bond donors (Lipinski definition) is 1. The maximum atomic E-state index is 12.1. The first-order chi connectivity index (χ1) is 9.91. The molecule has 0 radical (unpaired) electrons. The van der Waals surface area contributed by atoms with E-state index >= 15 is 0 Å². The first kappa shape index (κ1) is 17.4. The van der Waals surface area contributed by atoms with E-state index in [1.165, 1.54) is 12.1 Å². The van der Waals surface area contributed by atoms with Crippen molar-refractivity contribution < 1.29 is 23.0 Å². The molecule has 0 aliphatic heterocycles. The van der Waals surface area contributed by atoms with Crippen molar-refractivity contribution in [3.8, 4) is 5.75 Å². The van der Waals surface area contributed by atoms with E-state index in [1.54, 1.807) is 19.1 Å². The summed E-state index contributed by atoms with van der Waals surface area (Å²) in [4.78, 5) is 11.7. The molecule has 1 atom stereocenters. The number of hydrogen-bond acceptors (Lipinski definition) is 4. The highest BCUT2D eigenvalue weighted by Gasteiger charge is 2.29. The summed E-state index contributed by atoms with van der Waals surface area (Å²) in [5, 5.41) is 3.24. The lowest BCUT2D eigenvalue weighted by molar-refractivity contribution is -0.144. The van der Waals surface area contributed by atoms with Crippen molar-refractivity contribution in [2.75, 3.05) is 13.2 Å². The van der Waals surface area contributed by atoms with E-state index in [0.29, 0.717) is 13.2 Å². The molecule has 4 nitrogen and oxygen atoms in total. The Labute approximate surface area is 123 Å². The number of rotatable bonds is 8. The molecule has 0 saturated carbocycles. The summed E-state index contributed by atoms with van der Waals surface area (Å²) in [7, 11) is 0. The summed E-state index contributed by atoms with van der Waals surface area (Å²) in [5.41, 5.74) is 0.184. The van der Waals surface area contributed by atoms with E-state index in [9.17, 15) is 13.6 Å². The van der Waals surface area contributed by atoms with Gasteiger partial charge in [-0.1, -0.05) is 19.1 Å². The fourth-order valence-corrected chi connectivity index (χ4v) is 2.16. The van der Waals surface area contributed by atoms with E-state index in [-0.39, 0.29) is 18.1 Å². The van der Waals surface area contributed by atoms with Crippen LogP contribution >= 0.6 is 0 Å². The van der Waals surface area contributed by atoms with E-state index in [2.05, 4.69) is 10.1 Å². The fraction of sp³-hybridized carbons (Fsp3) is 0.533. The molecule has 21 heavy (non-hydrogen) atoms. The van der Waals surface area contributed by atoms with Gasteiger partial charge in [-0.3, -0.25) is 4.79 Å². The predicted molar refractivity (Wildman–Crippen MR) is 75.4 cm³/mol. The lowest BCUT2D eigenvalue weighted by Gasteiger charge is -2.30. The highest BCUT2D eigenvalue weighted by Crippen LogP contribution is 2.27. The number of halogens is 2. The molecule has 0 saturated heterocycles. The fourth-order valence-electron chi connectivity index (χ4n) is 2.16. The molecule has 0 spiro atoms. The number of carbonyl (C=O) groups excluding carboxylic acids is 1. The Balaban J connectivity index is 2.90. The zero-order chi connectivity index (χ0) is 15.9. The third-order valence-corrected chi connectivity index (χ3v) is 3.09. The Morgan fingerprint density at radius 1 is 1.29 bits per heavy atom. The number of carbonyl (C=O) groups is 1. The second-order valence-corrected chi connectivity index (χ2v) is 4.75. The van der Waals surface area contributed by atoms with Crippen molar-refractivity contribution >= 4 is 5.97 Å². The van der Waals surface area contributed by atoms with Gasteiger partial charge >= 0.3 is 12.6 Å². The summed E-state index contributed by atoms with van der Waals surface area (Å²) in [6.07, 6.45) is 0.156. The molecule has 0 fully saturated rings. The van der Waals surface area contributed by atoms with Crippen molar-refractivity contribution in [3.05, 3.63) is 29.8 Å². The molecule has 1 rings (SSSR count). The molecular weight excluding hydrogens is 280 g/mol.